The zero-order valence-electron chi connectivity index (χ0n) is 19.8. The molecule has 0 bridgehead atoms. The molecule has 1 nitrogen and oxygen atoms in total. The van der Waals surface area contributed by atoms with Crippen molar-refractivity contribution in [1.82, 2.24) is 0 Å². The molecule has 0 spiro atoms. The number of rotatable bonds is 3. The second-order valence-electron chi connectivity index (χ2n) is 6.28. The number of nitrogens with zero attached hydrogens (tertiary/aromatic N) is 1. The lowest BCUT2D eigenvalue weighted by molar-refractivity contribution is -0.660. The largest absolute Gasteiger partial charge is 0.212 e. The second kappa shape index (κ2) is 6.24. The molecule has 1 aromatic carbocycles. The van der Waals surface area contributed by atoms with Crippen molar-refractivity contribution < 1.29 is 12.8 Å². The van der Waals surface area contributed by atoms with E-state index < -0.39 is 19.1 Å². The molecule has 0 N–H and O–H groups in total. The third-order valence-corrected chi connectivity index (χ3v) is 3.99. The first kappa shape index (κ1) is 9.50. The molecule has 0 unspecified atom stereocenters. The zero-order valence-corrected chi connectivity index (χ0v) is 13.8. The lowest BCUT2D eigenvalue weighted by atomic mass is 9.87. The van der Waals surface area contributed by atoms with Crippen LogP contribution in [0.25, 0.3) is 11.3 Å². The van der Waals surface area contributed by atoms with Gasteiger partial charge in [-0.25, -0.2) is 4.57 Å². The first-order chi connectivity index (χ1) is 12.8. The zero-order chi connectivity index (χ0) is 21.1. The molecule has 0 fully saturated rings. The van der Waals surface area contributed by atoms with Crippen LogP contribution in [0.15, 0.2) is 30.5 Å². The number of hydrogen-bond donors (Lipinski definition) is 0. The monoisotopic (exact) mass is 300 g/mol. The highest BCUT2D eigenvalue weighted by Crippen LogP contribution is 2.29. The van der Waals surface area contributed by atoms with Crippen LogP contribution in [-0.4, -0.2) is 0 Å². The van der Waals surface area contributed by atoms with E-state index >= 15 is 0 Å². The highest BCUT2D eigenvalue weighted by molar-refractivity contribution is 5.63. The smallest absolute Gasteiger partial charge is 0.201 e. The first-order valence-corrected chi connectivity index (χ1v) is 7.93. The summed E-state index contributed by atoms with van der Waals surface area (Å²) in [4.78, 5) is 0. The molecule has 0 saturated carbocycles. The van der Waals surface area contributed by atoms with E-state index in [-0.39, 0.29) is 18.8 Å². The fraction of sp³-hybridized carbons (Fsp3) is 0.476. The average molecular weight is 300 g/mol. The normalized spacial score (nSPS) is 23.5. The molecule has 0 aliphatic heterocycles. The van der Waals surface area contributed by atoms with Crippen molar-refractivity contribution in [3.8, 4) is 11.3 Å². The Hall–Kier alpha value is -1.63. The minimum Gasteiger partial charge on any atom is -0.201 e. The number of aryl methyl sites for hydroxylation is 4. The van der Waals surface area contributed by atoms with Gasteiger partial charge in [0, 0.05) is 25.4 Å². The van der Waals surface area contributed by atoms with Crippen molar-refractivity contribution in [2.24, 2.45) is 13.0 Å². The van der Waals surface area contributed by atoms with E-state index in [4.69, 9.17) is 8.22 Å². The van der Waals surface area contributed by atoms with Crippen LogP contribution in [0.4, 0.5) is 0 Å². The third kappa shape index (κ3) is 3.09. The maximum Gasteiger partial charge on any atom is 0.212 e. The van der Waals surface area contributed by atoms with E-state index in [0.29, 0.717) is 16.7 Å². The molecule has 0 amide bonds. The fourth-order valence-corrected chi connectivity index (χ4v) is 2.98. The standard InChI is InChI=1S/C21H28N/c1-15(2)11-17-9-10-21(22(4)14-17)20-13-19-8-6-5-7-18(19)12-16(20)3/h9-10,12-15H,5-8,11H2,1-4H3/q+1/i7D2,8D2,11D2. The van der Waals surface area contributed by atoms with Crippen LogP contribution in [0.2, 0.25) is 0 Å². The van der Waals surface area contributed by atoms with Crippen LogP contribution in [0.1, 0.15) is 57.2 Å². The Bertz CT molecular complexity index is 917. The molecule has 0 saturated heterocycles. The Kier molecular flexibility index (Phi) is 2.69. The molecule has 3 rings (SSSR count). The van der Waals surface area contributed by atoms with E-state index in [0.717, 1.165) is 16.8 Å². The molecule has 0 radical (unpaired) electrons. The van der Waals surface area contributed by atoms with Crippen molar-refractivity contribution in [3.63, 3.8) is 0 Å². The number of fused-ring (bicyclic) bond motifs is 1. The summed E-state index contributed by atoms with van der Waals surface area (Å²) in [6.45, 7) is 5.63. The van der Waals surface area contributed by atoms with Crippen LogP contribution in [0.5, 0.6) is 0 Å². The molecule has 22 heavy (non-hydrogen) atoms. The van der Waals surface area contributed by atoms with Gasteiger partial charge in [-0.3, -0.25) is 0 Å². The van der Waals surface area contributed by atoms with E-state index in [1.807, 2.05) is 38.5 Å². The average Bonchev–Trinajstić information content (AvgIpc) is 2.59. The van der Waals surface area contributed by atoms with Gasteiger partial charge in [0.2, 0.25) is 5.69 Å². The van der Waals surface area contributed by atoms with Crippen molar-refractivity contribution in [2.45, 2.75) is 52.7 Å². The number of benzene rings is 1. The highest BCUT2D eigenvalue weighted by atomic mass is 14.9. The fourth-order valence-electron chi connectivity index (χ4n) is 2.98. The Morgan fingerprint density at radius 2 is 1.86 bits per heavy atom. The molecule has 1 aliphatic carbocycles. The van der Waals surface area contributed by atoms with Gasteiger partial charge in [0.05, 0.1) is 0 Å². The molecule has 1 aromatic heterocycles. The topological polar surface area (TPSA) is 3.88 Å². The Labute approximate surface area is 143 Å². The van der Waals surface area contributed by atoms with Crippen LogP contribution >= 0.6 is 0 Å². The predicted octanol–water partition coefficient (Wildman–Crippen LogP) is 4.56. The molecule has 1 heteroatoms. The van der Waals surface area contributed by atoms with Crippen LogP contribution in [0.3, 0.4) is 0 Å². The van der Waals surface area contributed by atoms with Gasteiger partial charge in [0.15, 0.2) is 6.20 Å². The summed E-state index contributed by atoms with van der Waals surface area (Å²) in [5.74, 6) is -0.154. The van der Waals surface area contributed by atoms with Gasteiger partial charge in [-0.15, -0.1) is 0 Å². The van der Waals surface area contributed by atoms with Gasteiger partial charge in [0.25, 0.3) is 0 Å². The van der Waals surface area contributed by atoms with Crippen LogP contribution in [-0.2, 0) is 26.2 Å². The summed E-state index contributed by atoms with van der Waals surface area (Å²) in [6, 6.07) is 7.23. The predicted molar refractivity (Wildman–Crippen MR) is 93.0 cm³/mol. The second-order valence-corrected chi connectivity index (χ2v) is 6.28. The van der Waals surface area contributed by atoms with E-state index in [1.165, 1.54) is 0 Å². The quantitative estimate of drug-likeness (QED) is 0.731. The summed E-state index contributed by atoms with van der Waals surface area (Å²) in [6.07, 6.45) is -2.38. The van der Waals surface area contributed by atoms with Gasteiger partial charge in [-0.05, 0) is 73.6 Å². The molecule has 1 aliphatic rings. The Morgan fingerprint density at radius 3 is 2.50 bits per heavy atom. The molecule has 2 aromatic rings. The lowest BCUT2D eigenvalue weighted by Crippen LogP contribution is -2.31. The van der Waals surface area contributed by atoms with Crippen molar-refractivity contribution in [1.29, 1.82) is 0 Å². The van der Waals surface area contributed by atoms with Crippen molar-refractivity contribution in [2.75, 3.05) is 0 Å². The maximum absolute atomic E-state index is 8.37. The minimum absolute atomic E-state index is 0.154. The first-order valence-electron chi connectivity index (χ1n) is 10.9. The van der Waals surface area contributed by atoms with E-state index in [9.17, 15) is 0 Å². The molecule has 0 atom stereocenters. The van der Waals surface area contributed by atoms with Crippen LogP contribution < -0.4 is 4.57 Å². The SMILES string of the molecule is [2H]C1([2H])CCC([2H])([2H])c2cc(-c3ccc(C([2H])([2H])C(C)C)c[n+]3C)c(C)cc21. The highest BCUT2D eigenvalue weighted by Gasteiger charge is 2.17. The van der Waals surface area contributed by atoms with Gasteiger partial charge in [-0.2, -0.15) is 0 Å². The number of pyridine rings is 1. The minimum atomic E-state index is -1.56. The maximum atomic E-state index is 8.37. The lowest BCUT2D eigenvalue weighted by Gasteiger charge is -2.18. The number of hydrogen-bond acceptors (Lipinski definition) is 0. The summed E-state index contributed by atoms with van der Waals surface area (Å²) >= 11 is 0. The molecule has 1 heterocycles. The van der Waals surface area contributed by atoms with E-state index in [2.05, 4.69) is 0 Å². The summed E-state index contributed by atoms with van der Waals surface area (Å²) in [5, 5.41) is 0. The van der Waals surface area contributed by atoms with E-state index in [1.54, 1.807) is 24.4 Å². The molecular weight excluding hydrogens is 266 g/mol. The Balaban J connectivity index is 2.16. The van der Waals surface area contributed by atoms with Crippen LogP contribution in [0, 0.1) is 12.8 Å². The Morgan fingerprint density at radius 1 is 1.18 bits per heavy atom. The molecular formula is C21H28N+. The van der Waals surface area contributed by atoms with Gasteiger partial charge in [-0.1, -0.05) is 19.9 Å². The summed E-state index contributed by atoms with van der Waals surface area (Å²) in [7, 11) is 1.86. The number of aromatic nitrogens is 1. The van der Waals surface area contributed by atoms with Gasteiger partial charge in [0.1, 0.15) is 7.05 Å². The van der Waals surface area contributed by atoms with Gasteiger partial charge < -0.3 is 0 Å². The van der Waals surface area contributed by atoms with Crippen molar-refractivity contribution >= 4 is 0 Å². The molecule has 116 valence electrons. The third-order valence-electron chi connectivity index (χ3n) is 3.99. The summed E-state index contributed by atoms with van der Waals surface area (Å²) in [5.41, 5.74) is 4.06. The summed E-state index contributed by atoms with van der Waals surface area (Å²) < 4.78 is 51.8. The van der Waals surface area contributed by atoms with Gasteiger partial charge >= 0.3 is 0 Å². The van der Waals surface area contributed by atoms with Crippen molar-refractivity contribution in [3.05, 3.63) is 52.7 Å².